The summed E-state index contributed by atoms with van der Waals surface area (Å²) in [6.45, 7) is 2.83. The van der Waals surface area contributed by atoms with Crippen molar-refractivity contribution in [1.82, 2.24) is 15.0 Å². The molecule has 5 nitrogen and oxygen atoms in total. The minimum absolute atomic E-state index is 0.564. The molecule has 0 saturated carbocycles. The number of anilines is 2. The Hall–Kier alpha value is -1.69. The van der Waals surface area contributed by atoms with Gasteiger partial charge in [0.25, 0.3) is 0 Å². The lowest BCUT2D eigenvalue weighted by atomic mass is 10.1. The predicted octanol–water partition coefficient (Wildman–Crippen LogP) is 2.08. The lowest BCUT2D eigenvalue weighted by Crippen LogP contribution is -2.07. The molecule has 0 atom stereocenters. The summed E-state index contributed by atoms with van der Waals surface area (Å²) in [6, 6.07) is 0. The summed E-state index contributed by atoms with van der Waals surface area (Å²) in [5, 5.41) is 3.28. The molecule has 6 heteroatoms. The van der Waals surface area contributed by atoms with Gasteiger partial charge in [-0.15, -0.1) is 11.3 Å². The Kier molecular flexibility index (Phi) is 3.87. The van der Waals surface area contributed by atoms with Crippen molar-refractivity contribution in [3.8, 4) is 0 Å². The van der Waals surface area contributed by atoms with Crippen molar-refractivity contribution in [2.75, 3.05) is 11.1 Å². The maximum absolute atomic E-state index is 5.86. The van der Waals surface area contributed by atoms with Gasteiger partial charge in [0.1, 0.15) is 18.0 Å². The highest BCUT2D eigenvalue weighted by Crippen LogP contribution is 2.20. The van der Waals surface area contributed by atoms with Gasteiger partial charge in [0, 0.05) is 16.6 Å². The van der Waals surface area contributed by atoms with Crippen LogP contribution < -0.4 is 11.1 Å². The minimum atomic E-state index is 0.564. The fourth-order valence-corrected chi connectivity index (χ4v) is 2.11. The van der Waals surface area contributed by atoms with Crippen molar-refractivity contribution in [2.45, 2.75) is 26.3 Å². The second-order valence-corrected chi connectivity index (χ2v) is 4.63. The summed E-state index contributed by atoms with van der Waals surface area (Å²) in [5.41, 5.74) is 8.67. The minimum Gasteiger partial charge on any atom is -0.383 e. The zero-order chi connectivity index (χ0) is 12.1. The number of nitrogens with zero attached hydrogens (tertiary/aromatic N) is 3. The summed E-state index contributed by atoms with van der Waals surface area (Å²) in [4.78, 5) is 13.5. The van der Waals surface area contributed by atoms with Crippen LogP contribution in [0.15, 0.2) is 18.0 Å². The topological polar surface area (TPSA) is 76.7 Å². The normalized spacial score (nSPS) is 10.4. The van der Waals surface area contributed by atoms with E-state index in [0.717, 1.165) is 30.8 Å². The standard InChI is InChI=1S/C11H15N5S/c1-2-3-9-10(12)15-6-16-11(9)14-5-8-4-13-7-17-8/h4,6-7H,2-3,5H2,1H3,(H3,12,14,15,16). The number of rotatable bonds is 5. The van der Waals surface area contributed by atoms with Gasteiger partial charge >= 0.3 is 0 Å². The van der Waals surface area contributed by atoms with Crippen molar-refractivity contribution in [3.05, 3.63) is 28.5 Å². The Morgan fingerprint density at radius 3 is 3.00 bits per heavy atom. The van der Waals surface area contributed by atoms with Crippen LogP contribution in [-0.2, 0) is 13.0 Å². The first kappa shape index (κ1) is 11.8. The number of nitrogens with one attached hydrogen (secondary N) is 1. The molecule has 0 fully saturated rings. The van der Waals surface area contributed by atoms with Gasteiger partial charge in [0.05, 0.1) is 12.1 Å². The predicted molar refractivity (Wildman–Crippen MR) is 69.9 cm³/mol. The monoisotopic (exact) mass is 249 g/mol. The van der Waals surface area contributed by atoms with Crippen LogP contribution in [0.25, 0.3) is 0 Å². The molecule has 2 rings (SSSR count). The molecule has 17 heavy (non-hydrogen) atoms. The molecule has 2 aromatic heterocycles. The molecule has 0 aliphatic carbocycles. The van der Waals surface area contributed by atoms with Crippen LogP contribution in [0.5, 0.6) is 0 Å². The first-order chi connectivity index (χ1) is 8.31. The van der Waals surface area contributed by atoms with E-state index in [1.54, 1.807) is 11.3 Å². The van der Waals surface area contributed by atoms with Crippen LogP contribution in [0.2, 0.25) is 0 Å². The summed E-state index contributed by atoms with van der Waals surface area (Å²) >= 11 is 1.62. The van der Waals surface area contributed by atoms with Crippen molar-refractivity contribution in [3.63, 3.8) is 0 Å². The second-order valence-electron chi connectivity index (χ2n) is 3.66. The third-order valence-corrected chi connectivity index (χ3v) is 3.17. The zero-order valence-electron chi connectivity index (χ0n) is 9.68. The number of nitrogen functional groups attached to an aromatic ring is 1. The first-order valence-electron chi connectivity index (χ1n) is 5.51. The fourth-order valence-electron chi connectivity index (χ4n) is 1.58. The maximum atomic E-state index is 5.86. The van der Waals surface area contributed by atoms with Crippen molar-refractivity contribution < 1.29 is 0 Å². The average molecular weight is 249 g/mol. The lowest BCUT2D eigenvalue weighted by Gasteiger charge is -2.10. The lowest BCUT2D eigenvalue weighted by molar-refractivity contribution is 0.902. The molecule has 0 aromatic carbocycles. The Morgan fingerprint density at radius 1 is 1.41 bits per heavy atom. The summed E-state index contributed by atoms with van der Waals surface area (Å²) < 4.78 is 0. The maximum Gasteiger partial charge on any atom is 0.135 e. The van der Waals surface area contributed by atoms with E-state index < -0.39 is 0 Å². The molecule has 0 spiro atoms. The third kappa shape index (κ3) is 2.91. The number of hydrogen-bond acceptors (Lipinski definition) is 6. The van der Waals surface area contributed by atoms with Gasteiger partial charge in [-0.3, -0.25) is 4.98 Å². The molecule has 0 radical (unpaired) electrons. The molecular formula is C11H15N5S. The quantitative estimate of drug-likeness (QED) is 0.848. The van der Waals surface area contributed by atoms with Gasteiger partial charge in [0.2, 0.25) is 0 Å². The van der Waals surface area contributed by atoms with E-state index in [0.29, 0.717) is 5.82 Å². The van der Waals surface area contributed by atoms with Gasteiger partial charge in [-0.1, -0.05) is 13.3 Å². The molecule has 0 aliphatic heterocycles. The number of thiazole rings is 1. The van der Waals surface area contributed by atoms with Gasteiger partial charge in [-0.05, 0) is 6.42 Å². The van der Waals surface area contributed by atoms with Crippen LogP contribution >= 0.6 is 11.3 Å². The zero-order valence-corrected chi connectivity index (χ0v) is 10.5. The van der Waals surface area contributed by atoms with Crippen LogP contribution in [0.1, 0.15) is 23.8 Å². The molecule has 2 aromatic rings. The molecular weight excluding hydrogens is 234 g/mol. The van der Waals surface area contributed by atoms with E-state index in [2.05, 4.69) is 27.2 Å². The van der Waals surface area contributed by atoms with Gasteiger partial charge in [0.15, 0.2) is 0 Å². The van der Waals surface area contributed by atoms with Crippen molar-refractivity contribution in [2.24, 2.45) is 0 Å². The fraction of sp³-hybridized carbons (Fsp3) is 0.364. The Balaban J connectivity index is 2.11. The van der Waals surface area contributed by atoms with Crippen LogP contribution in [-0.4, -0.2) is 15.0 Å². The van der Waals surface area contributed by atoms with Crippen LogP contribution in [0, 0.1) is 0 Å². The Labute approximate surface area is 104 Å². The first-order valence-corrected chi connectivity index (χ1v) is 6.39. The molecule has 0 unspecified atom stereocenters. The number of hydrogen-bond donors (Lipinski definition) is 2. The van der Waals surface area contributed by atoms with Crippen LogP contribution in [0.3, 0.4) is 0 Å². The summed E-state index contributed by atoms with van der Waals surface area (Å²) in [5.74, 6) is 1.39. The SMILES string of the molecule is CCCc1c(N)ncnc1NCc1cncs1. The Morgan fingerprint density at radius 2 is 2.29 bits per heavy atom. The Bertz CT molecular complexity index is 469. The highest BCUT2D eigenvalue weighted by molar-refractivity contribution is 7.09. The van der Waals surface area contributed by atoms with E-state index in [1.807, 2.05) is 11.7 Å². The largest absolute Gasteiger partial charge is 0.383 e. The van der Waals surface area contributed by atoms with Gasteiger partial charge < -0.3 is 11.1 Å². The number of aromatic nitrogens is 3. The van der Waals surface area contributed by atoms with E-state index in [9.17, 15) is 0 Å². The highest BCUT2D eigenvalue weighted by Gasteiger charge is 2.08. The molecule has 0 amide bonds. The average Bonchev–Trinajstić information content (AvgIpc) is 2.83. The molecule has 0 bridgehead atoms. The van der Waals surface area contributed by atoms with Crippen LogP contribution in [0.4, 0.5) is 11.6 Å². The summed E-state index contributed by atoms with van der Waals surface area (Å²) in [6.07, 6.45) is 5.25. The van der Waals surface area contributed by atoms with Crippen molar-refractivity contribution >= 4 is 23.0 Å². The molecule has 3 N–H and O–H groups in total. The van der Waals surface area contributed by atoms with Gasteiger partial charge in [-0.25, -0.2) is 9.97 Å². The molecule has 0 aliphatic rings. The van der Waals surface area contributed by atoms with E-state index in [1.165, 1.54) is 11.2 Å². The summed E-state index contributed by atoms with van der Waals surface area (Å²) in [7, 11) is 0. The van der Waals surface area contributed by atoms with E-state index >= 15 is 0 Å². The number of nitrogens with two attached hydrogens (primary N) is 1. The van der Waals surface area contributed by atoms with E-state index in [4.69, 9.17) is 5.73 Å². The third-order valence-electron chi connectivity index (χ3n) is 2.39. The molecule has 0 saturated heterocycles. The molecule has 90 valence electrons. The highest BCUT2D eigenvalue weighted by atomic mass is 32.1. The second kappa shape index (κ2) is 5.58. The van der Waals surface area contributed by atoms with Gasteiger partial charge in [-0.2, -0.15) is 0 Å². The molecule has 2 heterocycles. The smallest absolute Gasteiger partial charge is 0.135 e. The van der Waals surface area contributed by atoms with E-state index in [-0.39, 0.29) is 0 Å². The van der Waals surface area contributed by atoms with Crippen molar-refractivity contribution in [1.29, 1.82) is 0 Å².